The first-order valence-corrected chi connectivity index (χ1v) is 11.1. The van der Waals surface area contributed by atoms with Gasteiger partial charge in [-0.1, -0.05) is 60.1 Å². The van der Waals surface area contributed by atoms with E-state index in [2.05, 4.69) is 22.7 Å². The zero-order chi connectivity index (χ0) is 23.4. The molecule has 0 heterocycles. The van der Waals surface area contributed by atoms with E-state index in [0.29, 0.717) is 11.6 Å². The molecule has 4 rings (SSSR count). The third-order valence-electron chi connectivity index (χ3n) is 5.52. The molecule has 0 radical (unpaired) electrons. The van der Waals surface area contributed by atoms with Gasteiger partial charge in [-0.3, -0.25) is 5.43 Å². The van der Waals surface area contributed by atoms with Crippen LogP contribution in [0.3, 0.4) is 0 Å². The van der Waals surface area contributed by atoms with Crippen molar-refractivity contribution in [1.82, 2.24) is 5.43 Å². The summed E-state index contributed by atoms with van der Waals surface area (Å²) in [5.41, 5.74) is 7.48. The predicted molar refractivity (Wildman–Crippen MR) is 133 cm³/mol. The van der Waals surface area contributed by atoms with E-state index in [1.54, 1.807) is 13.0 Å². The molecule has 0 aromatic heterocycles. The molecule has 3 aromatic carbocycles. The van der Waals surface area contributed by atoms with E-state index in [-0.39, 0.29) is 0 Å². The minimum absolute atomic E-state index is 0.394. The SMILES string of the molecule is CCOc1ccc(C(Cl)=CC(C)(NN=C2c3ccccc3-c3ccccc32)C(=O)OC)cc1. The molecule has 0 spiro atoms. The Hall–Kier alpha value is -3.57. The van der Waals surface area contributed by atoms with Crippen LogP contribution in [0.5, 0.6) is 5.75 Å². The van der Waals surface area contributed by atoms with Crippen molar-refractivity contribution in [1.29, 1.82) is 0 Å². The third-order valence-corrected chi connectivity index (χ3v) is 5.85. The summed E-state index contributed by atoms with van der Waals surface area (Å²) in [5.74, 6) is 0.250. The second kappa shape index (κ2) is 9.51. The van der Waals surface area contributed by atoms with E-state index in [9.17, 15) is 4.79 Å². The summed E-state index contributed by atoms with van der Waals surface area (Å²) in [5, 5.41) is 5.07. The van der Waals surface area contributed by atoms with Crippen LogP contribution in [0.1, 0.15) is 30.5 Å². The molecule has 33 heavy (non-hydrogen) atoms. The van der Waals surface area contributed by atoms with Gasteiger partial charge in [0.2, 0.25) is 0 Å². The van der Waals surface area contributed by atoms with Crippen LogP contribution in [0.25, 0.3) is 16.2 Å². The van der Waals surface area contributed by atoms with Gasteiger partial charge in [0.15, 0.2) is 5.54 Å². The number of hydrogen-bond donors (Lipinski definition) is 1. The molecule has 0 amide bonds. The zero-order valence-corrected chi connectivity index (χ0v) is 19.5. The number of hydrazone groups is 1. The van der Waals surface area contributed by atoms with E-state index in [0.717, 1.165) is 39.3 Å². The molecule has 0 fully saturated rings. The quantitative estimate of drug-likeness (QED) is 0.287. The second-order valence-electron chi connectivity index (χ2n) is 7.81. The van der Waals surface area contributed by atoms with Gasteiger partial charge in [-0.15, -0.1) is 0 Å². The van der Waals surface area contributed by atoms with Gasteiger partial charge in [-0.05, 0) is 60.9 Å². The van der Waals surface area contributed by atoms with Crippen LogP contribution < -0.4 is 10.2 Å². The van der Waals surface area contributed by atoms with Crippen molar-refractivity contribution in [2.75, 3.05) is 13.7 Å². The van der Waals surface area contributed by atoms with Crippen molar-refractivity contribution in [3.05, 3.63) is 95.6 Å². The van der Waals surface area contributed by atoms with Crippen molar-refractivity contribution >= 4 is 28.3 Å². The van der Waals surface area contributed by atoms with Crippen LogP contribution in [-0.4, -0.2) is 30.9 Å². The molecule has 168 valence electrons. The molecule has 1 unspecified atom stereocenters. The fourth-order valence-electron chi connectivity index (χ4n) is 3.85. The highest BCUT2D eigenvalue weighted by molar-refractivity contribution is 6.49. The van der Waals surface area contributed by atoms with Crippen LogP contribution in [-0.2, 0) is 9.53 Å². The van der Waals surface area contributed by atoms with Crippen LogP contribution in [0.4, 0.5) is 0 Å². The Morgan fingerprint density at radius 3 is 2.03 bits per heavy atom. The molecule has 1 aliphatic rings. The fraction of sp³-hybridized carbons (Fsp3) is 0.185. The van der Waals surface area contributed by atoms with Crippen LogP contribution in [0, 0.1) is 0 Å². The maximum Gasteiger partial charge on any atom is 0.336 e. The standard InChI is InChI=1S/C27H25ClN2O3/c1-4-33-19-15-13-18(14-16-19)24(28)17-27(2,26(31)32-3)30-29-25-22-11-7-5-9-20(22)21-10-6-8-12-23(21)25/h5-17,30H,4H2,1-3H3. The summed E-state index contributed by atoms with van der Waals surface area (Å²) >= 11 is 6.60. The molecule has 0 aliphatic heterocycles. The molecule has 6 heteroatoms. The number of fused-ring (bicyclic) bond motifs is 3. The van der Waals surface area contributed by atoms with Crippen molar-refractivity contribution in [3.8, 4) is 16.9 Å². The van der Waals surface area contributed by atoms with Gasteiger partial charge >= 0.3 is 5.97 Å². The topological polar surface area (TPSA) is 59.9 Å². The molecule has 1 aliphatic carbocycles. The third kappa shape index (κ3) is 4.50. The molecule has 0 saturated carbocycles. The Labute approximate surface area is 198 Å². The van der Waals surface area contributed by atoms with Crippen molar-refractivity contribution in [2.45, 2.75) is 19.4 Å². The van der Waals surface area contributed by atoms with Crippen molar-refractivity contribution in [2.24, 2.45) is 5.10 Å². The number of nitrogens with one attached hydrogen (secondary N) is 1. The number of methoxy groups -OCH3 is 1. The molecule has 3 aromatic rings. The predicted octanol–water partition coefficient (Wildman–Crippen LogP) is 5.62. The average Bonchev–Trinajstić information content (AvgIpc) is 3.16. The Morgan fingerprint density at radius 1 is 0.970 bits per heavy atom. The normalized spacial score (nSPS) is 14.1. The van der Waals surface area contributed by atoms with Crippen LogP contribution in [0.2, 0.25) is 0 Å². The van der Waals surface area contributed by atoms with Gasteiger partial charge in [0.05, 0.1) is 19.4 Å². The highest BCUT2D eigenvalue weighted by atomic mass is 35.5. The van der Waals surface area contributed by atoms with Gasteiger partial charge in [0.25, 0.3) is 0 Å². The summed E-state index contributed by atoms with van der Waals surface area (Å²) in [6.07, 6.45) is 1.62. The number of nitrogens with zero attached hydrogens (tertiary/aromatic N) is 1. The largest absolute Gasteiger partial charge is 0.494 e. The first kappa shape index (κ1) is 22.6. The smallest absolute Gasteiger partial charge is 0.336 e. The van der Waals surface area contributed by atoms with Gasteiger partial charge in [0, 0.05) is 16.2 Å². The number of benzene rings is 3. The number of ether oxygens (including phenoxy) is 2. The van der Waals surface area contributed by atoms with Crippen LogP contribution in [0.15, 0.2) is 84.0 Å². The fourth-order valence-corrected chi connectivity index (χ4v) is 4.19. The highest BCUT2D eigenvalue weighted by Crippen LogP contribution is 2.36. The molecule has 1 N–H and O–H groups in total. The van der Waals surface area contributed by atoms with Gasteiger partial charge in [-0.2, -0.15) is 5.10 Å². The van der Waals surface area contributed by atoms with Crippen LogP contribution >= 0.6 is 11.6 Å². The van der Waals surface area contributed by atoms with Gasteiger partial charge in [-0.25, -0.2) is 4.79 Å². The van der Waals surface area contributed by atoms with Gasteiger partial charge < -0.3 is 9.47 Å². The average molecular weight is 461 g/mol. The Kier molecular flexibility index (Phi) is 6.52. The highest BCUT2D eigenvalue weighted by Gasteiger charge is 2.34. The lowest BCUT2D eigenvalue weighted by atomic mass is 10.0. The number of esters is 1. The second-order valence-corrected chi connectivity index (χ2v) is 8.21. The maximum absolute atomic E-state index is 12.8. The van der Waals surface area contributed by atoms with E-state index in [1.807, 2.05) is 67.6 Å². The van der Waals surface area contributed by atoms with E-state index < -0.39 is 11.5 Å². The first-order valence-electron chi connectivity index (χ1n) is 10.7. The lowest BCUT2D eigenvalue weighted by Gasteiger charge is -2.24. The first-order chi connectivity index (χ1) is 16.0. The minimum atomic E-state index is -1.29. The van der Waals surface area contributed by atoms with E-state index in [1.165, 1.54) is 7.11 Å². The summed E-state index contributed by atoms with van der Waals surface area (Å²) < 4.78 is 10.5. The summed E-state index contributed by atoms with van der Waals surface area (Å²) in [6.45, 7) is 4.20. The Morgan fingerprint density at radius 2 is 1.52 bits per heavy atom. The lowest BCUT2D eigenvalue weighted by molar-refractivity contribution is -0.145. The summed E-state index contributed by atoms with van der Waals surface area (Å²) in [4.78, 5) is 12.8. The number of halogens is 1. The zero-order valence-electron chi connectivity index (χ0n) is 18.8. The minimum Gasteiger partial charge on any atom is -0.494 e. The van der Waals surface area contributed by atoms with E-state index >= 15 is 0 Å². The number of hydrogen-bond acceptors (Lipinski definition) is 5. The Bertz CT molecular complexity index is 1190. The summed E-state index contributed by atoms with van der Waals surface area (Å²) in [6, 6.07) is 23.5. The summed E-state index contributed by atoms with van der Waals surface area (Å²) in [7, 11) is 1.34. The van der Waals surface area contributed by atoms with E-state index in [4.69, 9.17) is 21.1 Å². The molecule has 5 nitrogen and oxygen atoms in total. The monoisotopic (exact) mass is 460 g/mol. The number of carbonyl (C=O) groups is 1. The number of rotatable bonds is 7. The van der Waals surface area contributed by atoms with Gasteiger partial charge in [0.1, 0.15) is 5.75 Å². The molecular formula is C27H25ClN2O3. The molecule has 0 saturated heterocycles. The molecular weight excluding hydrogens is 436 g/mol. The van der Waals surface area contributed by atoms with Crippen molar-refractivity contribution < 1.29 is 14.3 Å². The molecule has 0 bridgehead atoms. The lowest BCUT2D eigenvalue weighted by Crippen LogP contribution is -2.46. The molecule has 1 atom stereocenters. The van der Waals surface area contributed by atoms with Crippen molar-refractivity contribution in [3.63, 3.8) is 0 Å². The Balaban J connectivity index is 1.69. The number of carbonyl (C=O) groups excluding carboxylic acids is 1. The maximum atomic E-state index is 12.8.